The molecule has 0 atom stereocenters. The number of nitrogens with zero attached hydrogens (tertiary/aromatic N) is 2. The van der Waals surface area contributed by atoms with Gasteiger partial charge in [0.15, 0.2) is 0 Å². The highest BCUT2D eigenvalue weighted by Gasteiger charge is 2.19. The predicted octanol–water partition coefficient (Wildman–Crippen LogP) is 2.92. The number of non-ortho nitro benzene ring substituents is 1. The number of nitro groups is 1. The minimum absolute atomic E-state index is 0.0859. The molecular formula is C13H18N2O4. The van der Waals surface area contributed by atoms with Gasteiger partial charge in [-0.15, -0.1) is 0 Å². The summed E-state index contributed by atoms with van der Waals surface area (Å²) in [5.74, 6) is -1.07. The molecule has 1 rings (SSSR count). The minimum Gasteiger partial charge on any atom is -0.478 e. The van der Waals surface area contributed by atoms with E-state index in [-0.39, 0.29) is 11.3 Å². The van der Waals surface area contributed by atoms with E-state index in [0.717, 1.165) is 12.8 Å². The fourth-order valence-electron chi connectivity index (χ4n) is 1.97. The first-order valence-electron chi connectivity index (χ1n) is 6.27. The van der Waals surface area contributed by atoms with Gasteiger partial charge in [0.1, 0.15) is 0 Å². The van der Waals surface area contributed by atoms with Gasteiger partial charge in [0.2, 0.25) is 0 Å². The van der Waals surface area contributed by atoms with Crippen LogP contribution in [-0.4, -0.2) is 29.1 Å². The van der Waals surface area contributed by atoms with Gasteiger partial charge in [0.05, 0.1) is 16.2 Å². The molecule has 0 radical (unpaired) electrons. The van der Waals surface area contributed by atoms with Crippen LogP contribution >= 0.6 is 0 Å². The second kappa shape index (κ2) is 6.72. The molecule has 0 heterocycles. The molecule has 0 fully saturated rings. The zero-order valence-corrected chi connectivity index (χ0v) is 11.1. The van der Waals surface area contributed by atoms with Crippen LogP contribution in [0.5, 0.6) is 0 Å². The Labute approximate surface area is 111 Å². The number of anilines is 1. The van der Waals surface area contributed by atoms with Gasteiger partial charge >= 0.3 is 5.97 Å². The number of carbonyl (C=O) groups is 1. The van der Waals surface area contributed by atoms with Crippen molar-refractivity contribution in [3.63, 3.8) is 0 Å². The number of nitro benzene ring substituents is 1. The molecule has 0 bridgehead atoms. The number of benzene rings is 1. The zero-order chi connectivity index (χ0) is 14.4. The van der Waals surface area contributed by atoms with E-state index in [1.54, 1.807) is 0 Å². The van der Waals surface area contributed by atoms with Crippen LogP contribution < -0.4 is 4.90 Å². The van der Waals surface area contributed by atoms with Crippen LogP contribution in [0, 0.1) is 10.1 Å². The highest BCUT2D eigenvalue weighted by molar-refractivity contribution is 5.95. The minimum atomic E-state index is -1.07. The van der Waals surface area contributed by atoms with Gasteiger partial charge in [0, 0.05) is 25.2 Å². The fourth-order valence-corrected chi connectivity index (χ4v) is 1.97. The molecule has 19 heavy (non-hydrogen) atoms. The van der Waals surface area contributed by atoms with Crippen LogP contribution in [0.15, 0.2) is 18.2 Å². The van der Waals surface area contributed by atoms with Crippen molar-refractivity contribution in [1.29, 1.82) is 0 Å². The molecular weight excluding hydrogens is 248 g/mol. The molecule has 0 aliphatic rings. The molecule has 104 valence electrons. The van der Waals surface area contributed by atoms with Gasteiger partial charge in [-0.3, -0.25) is 10.1 Å². The van der Waals surface area contributed by atoms with Crippen molar-refractivity contribution in [1.82, 2.24) is 0 Å². The Hall–Kier alpha value is -2.11. The van der Waals surface area contributed by atoms with Crippen molar-refractivity contribution in [3.8, 4) is 0 Å². The van der Waals surface area contributed by atoms with Crippen LogP contribution in [-0.2, 0) is 0 Å². The van der Waals surface area contributed by atoms with E-state index in [1.165, 1.54) is 18.2 Å². The van der Waals surface area contributed by atoms with E-state index in [1.807, 2.05) is 18.7 Å². The van der Waals surface area contributed by atoms with Gasteiger partial charge in [-0.05, 0) is 18.9 Å². The van der Waals surface area contributed by atoms with E-state index in [2.05, 4.69) is 0 Å². The third-order valence-electron chi connectivity index (χ3n) is 2.75. The summed E-state index contributed by atoms with van der Waals surface area (Å²) in [5, 5.41) is 20.0. The summed E-state index contributed by atoms with van der Waals surface area (Å²) >= 11 is 0. The molecule has 6 nitrogen and oxygen atoms in total. The SMILES string of the molecule is CCCN(CCC)c1cc([N+](=O)[O-])ccc1C(=O)O. The molecule has 0 amide bonds. The van der Waals surface area contributed by atoms with Crippen LogP contribution in [0.2, 0.25) is 0 Å². The summed E-state index contributed by atoms with van der Waals surface area (Å²) in [5.41, 5.74) is 0.440. The maximum Gasteiger partial charge on any atom is 0.337 e. The lowest BCUT2D eigenvalue weighted by Gasteiger charge is -2.25. The number of rotatable bonds is 7. The third kappa shape index (κ3) is 3.67. The van der Waals surface area contributed by atoms with Gasteiger partial charge in [-0.2, -0.15) is 0 Å². The van der Waals surface area contributed by atoms with Crippen molar-refractivity contribution in [3.05, 3.63) is 33.9 Å². The normalized spacial score (nSPS) is 10.2. The first kappa shape index (κ1) is 14.9. The lowest BCUT2D eigenvalue weighted by Crippen LogP contribution is -2.26. The molecule has 0 unspecified atom stereocenters. The number of aromatic carboxylic acids is 1. The molecule has 6 heteroatoms. The molecule has 0 aromatic heterocycles. The quantitative estimate of drug-likeness (QED) is 0.606. The van der Waals surface area contributed by atoms with Gasteiger partial charge in [-0.1, -0.05) is 13.8 Å². The number of carboxylic acids is 1. The van der Waals surface area contributed by atoms with Crippen molar-refractivity contribution in [2.75, 3.05) is 18.0 Å². The summed E-state index contributed by atoms with van der Waals surface area (Å²) in [4.78, 5) is 23.4. The van der Waals surface area contributed by atoms with E-state index in [4.69, 9.17) is 0 Å². The lowest BCUT2D eigenvalue weighted by atomic mass is 10.1. The molecule has 0 saturated heterocycles. The topological polar surface area (TPSA) is 83.7 Å². The van der Waals surface area contributed by atoms with E-state index >= 15 is 0 Å². The Balaban J connectivity index is 3.28. The largest absolute Gasteiger partial charge is 0.478 e. The summed E-state index contributed by atoms with van der Waals surface area (Å²) in [6.07, 6.45) is 1.70. The Bertz CT molecular complexity index is 468. The number of carboxylic acid groups (broad SMARTS) is 1. The Kier molecular flexibility index (Phi) is 5.29. The van der Waals surface area contributed by atoms with Crippen LogP contribution in [0.25, 0.3) is 0 Å². The van der Waals surface area contributed by atoms with Crippen molar-refractivity contribution >= 4 is 17.3 Å². The van der Waals surface area contributed by atoms with Gasteiger partial charge in [0.25, 0.3) is 5.69 Å². The molecule has 0 spiro atoms. The smallest absolute Gasteiger partial charge is 0.337 e. The lowest BCUT2D eigenvalue weighted by molar-refractivity contribution is -0.384. The van der Waals surface area contributed by atoms with E-state index in [9.17, 15) is 20.0 Å². The third-order valence-corrected chi connectivity index (χ3v) is 2.75. The zero-order valence-electron chi connectivity index (χ0n) is 11.1. The van der Waals surface area contributed by atoms with Crippen molar-refractivity contribution in [2.24, 2.45) is 0 Å². The van der Waals surface area contributed by atoms with Gasteiger partial charge < -0.3 is 10.0 Å². The summed E-state index contributed by atoms with van der Waals surface area (Å²) < 4.78 is 0. The average Bonchev–Trinajstić information content (AvgIpc) is 2.37. The number of hydrogen-bond donors (Lipinski definition) is 1. The molecule has 0 saturated carbocycles. The van der Waals surface area contributed by atoms with Crippen LogP contribution in [0.3, 0.4) is 0 Å². The first-order chi connectivity index (χ1) is 9.01. The Morgan fingerprint density at radius 2 is 1.89 bits per heavy atom. The Morgan fingerprint density at radius 1 is 1.32 bits per heavy atom. The van der Waals surface area contributed by atoms with Crippen molar-refractivity contribution in [2.45, 2.75) is 26.7 Å². The van der Waals surface area contributed by atoms with E-state index in [0.29, 0.717) is 18.8 Å². The maximum atomic E-state index is 11.2. The standard InChI is InChI=1S/C13H18N2O4/c1-3-7-14(8-4-2)12-9-10(15(18)19)5-6-11(12)13(16)17/h5-6,9H,3-4,7-8H2,1-2H3,(H,16,17). The van der Waals surface area contributed by atoms with E-state index < -0.39 is 10.9 Å². The molecule has 1 N–H and O–H groups in total. The number of hydrogen-bond acceptors (Lipinski definition) is 4. The summed E-state index contributed by atoms with van der Waals surface area (Å²) in [6.45, 7) is 5.32. The molecule has 0 aliphatic heterocycles. The molecule has 1 aromatic rings. The summed E-state index contributed by atoms with van der Waals surface area (Å²) in [7, 11) is 0. The average molecular weight is 266 g/mol. The molecule has 1 aromatic carbocycles. The highest BCUT2D eigenvalue weighted by atomic mass is 16.6. The van der Waals surface area contributed by atoms with Crippen molar-refractivity contribution < 1.29 is 14.8 Å². The first-order valence-corrected chi connectivity index (χ1v) is 6.27. The fraction of sp³-hybridized carbons (Fsp3) is 0.462. The Morgan fingerprint density at radius 3 is 2.32 bits per heavy atom. The van der Waals surface area contributed by atoms with Gasteiger partial charge in [-0.25, -0.2) is 4.79 Å². The summed E-state index contributed by atoms with van der Waals surface area (Å²) in [6, 6.07) is 3.87. The highest BCUT2D eigenvalue weighted by Crippen LogP contribution is 2.26. The second-order valence-corrected chi connectivity index (χ2v) is 4.25. The van der Waals surface area contributed by atoms with Crippen LogP contribution in [0.1, 0.15) is 37.0 Å². The predicted molar refractivity (Wildman–Crippen MR) is 72.9 cm³/mol. The molecule has 0 aliphatic carbocycles. The monoisotopic (exact) mass is 266 g/mol. The maximum absolute atomic E-state index is 11.2. The second-order valence-electron chi connectivity index (χ2n) is 4.25. The van der Waals surface area contributed by atoms with Crippen LogP contribution in [0.4, 0.5) is 11.4 Å².